The number of hydrogen-bond donors (Lipinski definition) is 1. The zero-order valence-electron chi connectivity index (χ0n) is 8.78. The molecule has 3 nitrogen and oxygen atoms in total. The Morgan fingerprint density at radius 1 is 1.00 bits per heavy atom. The van der Waals surface area contributed by atoms with Crippen molar-refractivity contribution in [3.05, 3.63) is 0 Å². The molecule has 2 rings (SSSR count). The molecule has 14 heavy (non-hydrogen) atoms. The van der Waals surface area contributed by atoms with Gasteiger partial charge in [-0.3, -0.25) is 0 Å². The Labute approximate surface area is 85.9 Å². The summed E-state index contributed by atoms with van der Waals surface area (Å²) in [6.07, 6.45) is 7.64. The highest BCUT2D eigenvalue weighted by atomic mass is 16.5. The van der Waals surface area contributed by atoms with E-state index in [9.17, 15) is 0 Å². The van der Waals surface area contributed by atoms with Gasteiger partial charge >= 0.3 is 0 Å². The molecule has 2 N–H and O–H groups in total. The standard InChI is InChI=1S/C11H21NO2/c12-10-3-1-2-4-11(10)14-9-5-7-13-8-6-9/h9-11H,1-8,12H2. The van der Waals surface area contributed by atoms with E-state index in [4.69, 9.17) is 15.2 Å². The first-order chi connectivity index (χ1) is 6.86. The minimum absolute atomic E-state index is 0.270. The Morgan fingerprint density at radius 3 is 2.43 bits per heavy atom. The van der Waals surface area contributed by atoms with Gasteiger partial charge in [-0.25, -0.2) is 0 Å². The van der Waals surface area contributed by atoms with E-state index < -0.39 is 0 Å². The lowest BCUT2D eigenvalue weighted by atomic mass is 9.93. The SMILES string of the molecule is NC1CCCCC1OC1CCOCC1. The van der Waals surface area contributed by atoms with Crippen molar-refractivity contribution >= 4 is 0 Å². The van der Waals surface area contributed by atoms with Crippen LogP contribution in [0.3, 0.4) is 0 Å². The van der Waals surface area contributed by atoms with Crippen molar-refractivity contribution in [3.63, 3.8) is 0 Å². The van der Waals surface area contributed by atoms with E-state index in [0.29, 0.717) is 12.2 Å². The average molecular weight is 199 g/mol. The van der Waals surface area contributed by atoms with E-state index in [2.05, 4.69) is 0 Å². The van der Waals surface area contributed by atoms with Gasteiger partial charge in [-0.05, 0) is 25.7 Å². The van der Waals surface area contributed by atoms with Crippen LogP contribution in [-0.2, 0) is 9.47 Å². The molecule has 2 unspecified atom stereocenters. The van der Waals surface area contributed by atoms with Gasteiger partial charge in [0.1, 0.15) is 0 Å². The van der Waals surface area contributed by atoms with Crippen LogP contribution in [0, 0.1) is 0 Å². The van der Waals surface area contributed by atoms with Crippen LogP contribution in [0.4, 0.5) is 0 Å². The summed E-state index contributed by atoms with van der Waals surface area (Å²) in [6.45, 7) is 1.71. The topological polar surface area (TPSA) is 44.5 Å². The van der Waals surface area contributed by atoms with Gasteiger partial charge in [-0.1, -0.05) is 12.8 Å². The molecule has 1 aliphatic carbocycles. The minimum Gasteiger partial charge on any atom is -0.381 e. The summed E-state index contributed by atoms with van der Waals surface area (Å²) in [5.41, 5.74) is 6.04. The Morgan fingerprint density at radius 2 is 1.71 bits per heavy atom. The third-order valence-electron chi connectivity index (χ3n) is 3.29. The van der Waals surface area contributed by atoms with Gasteiger partial charge in [-0.2, -0.15) is 0 Å². The van der Waals surface area contributed by atoms with E-state index in [-0.39, 0.29) is 6.04 Å². The van der Waals surface area contributed by atoms with Crippen LogP contribution in [0.25, 0.3) is 0 Å². The summed E-state index contributed by atoms with van der Waals surface area (Å²) in [4.78, 5) is 0. The van der Waals surface area contributed by atoms with Gasteiger partial charge in [0.2, 0.25) is 0 Å². The van der Waals surface area contributed by atoms with Crippen LogP contribution >= 0.6 is 0 Å². The first-order valence-electron chi connectivity index (χ1n) is 5.85. The zero-order valence-corrected chi connectivity index (χ0v) is 8.78. The van der Waals surface area contributed by atoms with Crippen molar-refractivity contribution in [2.75, 3.05) is 13.2 Å². The normalized spacial score (nSPS) is 35.8. The van der Waals surface area contributed by atoms with Crippen molar-refractivity contribution in [1.82, 2.24) is 0 Å². The molecular weight excluding hydrogens is 178 g/mol. The first kappa shape index (κ1) is 10.4. The average Bonchev–Trinajstić information content (AvgIpc) is 2.23. The molecule has 0 aromatic rings. The van der Waals surface area contributed by atoms with Crippen LogP contribution in [0.5, 0.6) is 0 Å². The smallest absolute Gasteiger partial charge is 0.0729 e. The maximum Gasteiger partial charge on any atom is 0.0729 e. The molecule has 82 valence electrons. The van der Waals surface area contributed by atoms with E-state index in [1.807, 2.05) is 0 Å². The highest BCUT2D eigenvalue weighted by Gasteiger charge is 2.26. The summed E-state index contributed by atoms with van der Waals surface area (Å²) >= 11 is 0. The number of hydrogen-bond acceptors (Lipinski definition) is 3. The molecule has 0 amide bonds. The summed E-state index contributed by atoms with van der Waals surface area (Å²) < 4.78 is 11.3. The maximum atomic E-state index is 6.04. The quantitative estimate of drug-likeness (QED) is 0.732. The molecule has 1 saturated carbocycles. The Bertz CT molecular complexity index is 169. The number of rotatable bonds is 2. The largest absolute Gasteiger partial charge is 0.381 e. The molecular formula is C11H21NO2. The lowest BCUT2D eigenvalue weighted by Crippen LogP contribution is -2.42. The van der Waals surface area contributed by atoms with E-state index >= 15 is 0 Å². The fourth-order valence-electron chi connectivity index (χ4n) is 2.35. The van der Waals surface area contributed by atoms with Gasteiger partial charge in [0, 0.05) is 19.3 Å². The lowest BCUT2D eigenvalue weighted by molar-refractivity contribution is -0.0841. The second-order valence-corrected chi connectivity index (χ2v) is 4.43. The molecule has 3 heteroatoms. The summed E-state index contributed by atoms with van der Waals surface area (Å²) in [5.74, 6) is 0. The molecule has 2 aliphatic rings. The van der Waals surface area contributed by atoms with Crippen LogP contribution in [-0.4, -0.2) is 31.5 Å². The maximum absolute atomic E-state index is 6.04. The second kappa shape index (κ2) is 5.10. The van der Waals surface area contributed by atoms with Gasteiger partial charge in [0.05, 0.1) is 12.2 Å². The van der Waals surface area contributed by atoms with Gasteiger partial charge < -0.3 is 15.2 Å². The van der Waals surface area contributed by atoms with E-state index in [0.717, 1.165) is 38.9 Å². The third kappa shape index (κ3) is 2.69. The first-order valence-corrected chi connectivity index (χ1v) is 5.85. The van der Waals surface area contributed by atoms with Gasteiger partial charge in [0.25, 0.3) is 0 Å². The molecule has 1 saturated heterocycles. The van der Waals surface area contributed by atoms with Crippen molar-refractivity contribution in [2.45, 2.75) is 56.8 Å². The Hall–Kier alpha value is -0.120. The number of nitrogens with two attached hydrogens (primary N) is 1. The fourth-order valence-corrected chi connectivity index (χ4v) is 2.35. The fraction of sp³-hybridized carbons (Fsp3) is 1.00. The monoisotopic (exact) mass is 199 g/mol. The van der Waals surface area contributed by atoms with Crippen molar-refractivity contribution in [2.24, 2.45) is 5.73 Å². The molecule has 0 spiro atoms. The molecule has 0 aromatic heterocycles. The predicted molar refractivity (Wildman–Crippen MR) is 55.2 cm³/mol. The molecule has 2 atom stereocenters. The summed E-state index contributed by atoms with van der Waals surface area (Å²) in [7, 11) is 0. The molecule has 0 aromatic carbocycles. The summed E-state index contributed by atoms with van der Waals surface area (Å²) in [6, 6.07) is 0.270. The second-order valence-electron chi connectivity index (χ2n) is 4.43. The third-order valence-corrected chi connectivity index (χ3v) is 3.29. The van der Waals surface area contributed by atoms with Crippen molar-refractivity contribution in [3.8, 4) is 0 Å². The molecule has 0 radical (unpaired) electrons. The molecule has 0 bridgehead atoms. The lowest BCUT2D eigenvalue weighted by Gasteiger charge is -2.33. The predicted octanol–water partition coefficient (Wildman–Crippen LogP) is 1.45. The van der Waals surface area contributed by atoms with Crippen LogP contribution in [0.15, 0.2) is 0 Å². The molecule has 2 fully saturated rings. The Kier molecular flexibility index (Phi) is 3.79. The zero-order chi connectivity index (χ0) is 9.80. The van der Waals surface area contributed by atoms with Gasteiger partial charge in [0.15, 0.2) is 0 Å². The van der Waals surface area contributed by atoms with E-state index in [1.165, 1.54) is 12.8 Å². The molecule has 1 aliphatic heterocycles. The minimum atomic E-state index is 0.270. The molecule has 1 heterocycles. The van der Waals surface area contributed by atoms with Gasteiger partial charge in [-0.15, -0.1) is 0 Å². The van der Waals surface area contributed by atoms with E-state index in [1.54, 1.807) is 0 Å². The summed E-state index contributed by atoms with van der Waals surface area (Å²) in [5, 5.41) is 0. The number of ether oxygens (including phenoxy) is 2. The highest BCUT2D eigenvalue weighted by molar-refractivity contribution is 4.80. The highest BCUT2D eigenvalue weighted by Crippen LogP contribution is 2.23. The van der Waals surface area contributed by atoms with Crippen LogP contribution in [0.1, 0.15) is 38.5 Å². The Balaban J connectivity index is 1.76. The van der Waals surface area contributed by atoms with Crippen molar-refractivity contribution in [1.29, 1.82) is 0 Å². The van der Waals surface area contributed by atoms with Crippen LogP contribution in [0.2, 0.25) is 0 Å². The van der Waals surface area contributed by atoms with Crippen molar-refractivity contribution < 1.29 is 9.47 Å². The van der Waals surface area contributed by atoms with Crippen LogP contribution < -0.4 is 5.73 Å².